The van der Waals surface area contributed by atoms with E-state index in [4.69, 9.17) is 37.0 Å². The second kappa shape index (κ2) is 51.7. The van der Waals surface area contributed by atoms with Gasteiger partial charge in [-0.25, -0.2) is 9.13 Å². The number of carbonyl (C=O) groups is 4. The van der Waals surface area contributed by atoms with Crippen LogP contribution >= 0.6 is 15.6 Å². The predicted molar refractivity (Wildman–Crippen MR) is 312 cm³/mol. The molecular formula is C60H116O17P2. The van der Waals surface area contributed by atoms with Crippen molar-refractivity contribution in [1.29, 1.82) is 0 Å². The van der Waals surface area contributed by atoms with Crippen molar-refractivity contribution in [2.75, 3.05) is 39.6 Å². The van der Waals surface area contributed by atoms with E-state index in [-0.39, 0.29) is 25.7 Å². The van der Waals surface area contributed by atoms with Crippen LogP contribution in [0.1, 0.15) is 286 Å². The summed E-state index contributed by atoms with van der Waals surface area (Å²) >= 11 is 0. The molecule has 0 fully saturated rings. The van der Waals surface area contributed by atoms with Gasteiger partial charge in [0.2, 0.25) is 0 Å². The molecule has 79 heavy (non-hydrogen) atoms. The lowest BCUT2D eigenvalue weighted by atomic mass is 10.00. The number of hydrogen-bond acceptors (Lipinski definition) is 15. The molecule has 0 heterocycles. The Morgan fingerprint density at radius 2 is 0.646 bits per heavy atom. The molecule has 0 bridgehead atoms. The van der Waals surface area contributed by atoms with Gasteiger partial charge in [-0.2, -0.15) is 0 Å². The molecule has 0 aliphatic heterocycles. The number of aliphatic hydroxyl groups excluding tert-OH is 1. The molecule has 0 radical (unpaired) electrons. The summed E-state index contributed by atoms with van der Waals surface area (Å²) in [4.78, 5) is 71.9. The molecule has 468 valence electrons. The number of ether oxygens (including phenoxy) is 4. The van der Waals surface area contributed by atoms with Gasteiger partial charge in [0.1, 0.15) is 19.3 Å². The Labute approximate surface area is 479 Å². The van der Waals surface area contributed by atoms with E-state index in [0.29, 0.717) is 31.6 Å². The molecular weight excluding hydrogens is 1050 g/mol. The molecule has 0 aliphatic rings. The van der Waals surface area contributed by atoms with Crippen LogP contribution in [0.4, 0.5) is 0 Å². The highest BCUT2D eigenvalue weighted by molar-refractivity contribution is 7.47. The highest BCUT2D eigenvalue weighted by Crippen LogP contribution is 2.45. The molecule has 3 N–H and O–H groups in total. The van der Waals surface area contributed by atoms with E-state index >= 15 is 0 Å². The molecule has 0 amide bonds. The summed E-state index contributed by atoms with van der Waals surface area (Å²) in [6, 6.07) is 0. The number of aliphatic hydroxyl groups is 1. The molecule has 0 saturated heterocycles. The number of unbranched alkanes of at least 4 members (excludes halogenated alkanes) is 25. The van der Waals surface area contributed by atoms with E-state index in [1.54, 1.807) is 0 Å². The first-order valence-electron chi connectivity index (χ1n) is 31.4. The maximum absolute atomic E-state index is 12.9. The van der Waals surface area contributed by atoms with Gasteiger partial charge in [0, 0.05) is 25.7 Å². The fourth-order valence-corrected chi connectivity index (χ4v) is 10.3. The van der Waals surface area contributed by atoms with Gasteiger partial charge in [-0.3, -0.25) is 37.3 Å². The maximum Gasteiger partial charge on any atom is 0.472 e. The van der Waals surface area contributed by atoms with Crippen molar-refractivity contribution >= 4 is 39.5 Å². The second-order valence-corrected chi connectivity index (χ2v) is 25.8. The van der Waals surface area contributed by atoms with Gasteiger partial charge in [0.05, 0.1) is 26.4 Å². The Hall–Kier alpha value is -1.94. The van der Waals surface area contributed by atoms with Crippen molar-refractivity contribution in [3.8, 4) is 0 Å². The Balaban J connectivity index is 5.24. The first-order chi connectivity index (χ1) is 37.8. The van der Waals surface area contributed by atoms with Crippen LogP contribution in [0.15, 0.2) is 0 Å². The third-order valence-electron chi connectivity index (χ3n) is 14.0. The molecule has 3 unspecified atom stereocenters. The summed E-state index contributed by atoms with van der Waals surface area (Å²) in [6.45, 7) is 11.6. The van der Waals surface area contributed by atoms with Gasteiger partial charge in [-0.1, -0.05) is 235 Å². The van der Waals surface area contributed by atoms with Crippen LogP contribution in [0, 0.1) is 17.8 Å². The molecule has 0 aromatic heterocycles. The van der Waals surface area contributed by atoms with E-state index in [1.807, 2.05) is 0 Å². The monoisotopic (exact) mass is 1170 g/mol. The van der Waals surface area contributed by atoms with Crippen molar-refractivity contribution in [3.05, 3.63) is 0 Å². The van der Waals surface area contributed by atoms with Gasteiger partial charge in [-0.05, 0) is 43.4 Å². The van der Waals surface area contributed by atoms with E-state index in [9.17, 15) is 43.2 Å². The summed E-state index contributed by atoms with van der Waals surface area (Å²) in [5.41, 5.74) is 0. The van der Waals surface area contributed by atoms with Crippen molar-refractivity contribution in [2.45, 2.75) is 304 Å². The fourth-order valence-electron chi connectivity index (χ4n) is 8.74. The Morgan fingerprint density at radius 1 is 0.367 bits per heavy atom. The molecule has 17 nitrogen and oxygen atoms in total. The first kappa shape index (κ1) is 77.1. The number of phosphoric ester groups is 2. The number of hydrogen-bond donors (Lipinski definition) is 3. The average Bonchev–Trinajstić information content (AvgIpc) is 3.40. The van der Waals surface area contributed by atoms with Gasteiger partial charge in [-0.15, -0.1) is 0 Å². The molecule has 6 atom stereocenters. The zero-order valence-corrected chi connectivity index (χ0v) is 52.6. The zero-order valence-electron chi connectivity index (χ0n) is 50.8. The summed E-state index contributed by atoms with van der Waals surface area (Å²) in [6.07, 6.45) is 31.0. The van der Waals surface area contributed by atoms with E-state index in [1.165, 1.54) is 83.5 Å². The lowest BCUT2D eigenvalue weighted by Crippen LogP contribution is -2.30. The van der Waals surface area contributed by atoms with Crippen LogP contribution in [-0.2, 0) is 65.4 Å². The van der Waals surface area contributed by atoms with E-state index in [0.717, 1.165) is 115 Å². The summed E-state index contributed by atoms with van der Waals surface area (Å²) in [5.74, 6) is -0.0122. The van der Waals surface area contributed by atoms with Crippen LogP contribution < -0.4 is 0 Å². The van der Waals surface area contributed by atoms with Crippen LogP contribution in [0.5, 0.6) is 0 Å². The summed E-state index contributed by atoms with van der Waals surface area (Å²) < 4.78 is 67.7. The van der Waals surface area contributed by atoms with Gasteiger partial charge in [0.15, 0.2) is 12.2 Å². The van der Waals surface area contributed by atoms with Crippen LogP contribution in [0.2, 0.25) is 0 Å². The molecule has 19 heteroatoms. The van der Waals surface area contributed by atoms with Crippen LogP contribution in [0.3, 0.4) is 0 Å². The Kier molecular flexibility index (Phi) is 50.4. The first-order valence-corrected chi connectivity index (χ1v) is 34.4. The zero-order chi connectivity index (χ0) is 58.8. The number of rotatable bonds is 58. The predicted octanol–water partition coefficient (Wildman–Crippen LogP) is 15.9. The van der Waals surface area contributed by atoms with Crippen molar-refractivity contribution in [3.63, 3.8) is 0 Å². The number of esters is 4. The van der Waals surface area contributed by atoms with Crippen LogP contribution in [-0.4, -0.2) is 96.7 Å². The third kappa shape index (κ3) is 53.8. The largest absolute Gasteiger partial charge is 0.472 e. The van der Waals surface area contributed by atoms with Crippen molar-refractivity contribution in [1.82, 2.24) is 0 Å². The van der Waals surface area contributed by atoms with E-state index < -0.39 is 97.5 Å². The second-order valence-electron chi connectivity index (χ2n) is 22.9. The van der Waals surface area contributed by atoms with E-state index in [2.05, 4.69) is 48.5 Å². The normalized spacial score (nSPS) is 14.8. The standard InChI is InChI=1S/C60H116O17P2/c1-8-10-11-12-13-18-27-34-41-57(62)70-47-56(77-60(65)44-37-30-22-20-25-32-39-52(5)6)50-75-79(68,69)73-46-54(61)45-72-78(66,67)74-49-55(48-71-58(63)42-35-28-23-21-26-33-40-53(7)9-2)76-59(64)43-36-29-19-16-14-15-17-24-31-38-51(3)4/h51-56,61H,8-50H2,1-7H3,(H,66,67)(H,68,69)/t53?,54-,55-,56-/m1/s1. The summed E-state index contributed by atoms with van der Waals surface area (Å²) in [7, 11) is -9.88. The number of carbonyl (C=O) groups excluding carboxylic acids is 4. The summed E-state index contributed by atoms with van der Waals surface area (Å²) in [5, 5.41) is 10.5. The quantitative estimate of drug-likeness (QED) is 0.0222. The molecule has 0 aromatic carbocycles. The minimum Gasteiger partial charge on any atom is -0.462 e. The minimum atomic E-state index is -4.94. The third-order valence-corrected chi connectivity index (χ3v) is 15.9. The average molecular weight is 1170 g/mol. The number of phosphoric acid groups is 2. The fraction of sp³-hybridized carbons (Fsp3) is 0.933. The smallest absolute Gasteiger partial charge is 0.462 e. The molecule has 0 aromatic rings. The lowest BCUT2D eigenvalue weighted by molar-refractivity contribution is -0.161. The highest BCUT2D eigenvalue weighted by Gasteiger charge is 2.30. The van der Waals surface area contributed by atoms with Gasteiger partial charge >= 0.3 is 39.5 Å². The van der Waals surface area contributed by atoms with Crippen molar-refractivity contribution < 1.29 is 80.2 Å². The van der Waals surface area contributed by atoms with Gasteiger partial charge < -0.3 is 33.8 Å². The lowest BCUT2D eigenvalue weighted by Gasteiger charge is -2.21. The molecule has 0 spiro atoms. The van der Waals surface area contributed by atoms with Crippen LogP contribution in [0.25, 0.3) is 0 Å². The Bertz CT molecular complexity index is 1580. The molecule has 0 saturated carbocycles. The maximum atomic E-state index is 12.9. The topological polar surface area (TPSA) is 237 Å². The van der Waals surface area contributed by atoms with Gasteiger partial charge in [0.25, 0.3) is 0 Å². The molecule has 0 aliphatic carbocycles. The van der Waals surface area contributed by atoms with Crippen molar-refractivity contribution in [2.24, 2.45) is 17.8 Å². The highest BCUT2D eigenvalue weighted by atomic mass is 31.2. The minimum absolute atomic E-state index is 0.101. The molecule has 0 rings (SSSR count). The Morgan fingerprint density at radius 3 is 0.962 bits per heavy atom. The SMILES string of the molecule is CCCCCCCCCCC(=O)OC[C@H](COP(=O)(O)OC[C@H](O)COP(=O)(O)OC[C@@H](COC(=O)CCCCCCCCC(C)CC)OC(=O)CCCCCCCCCCCC(C)C)OC(=O)CCCCCCCCC(C)C.